The molecule has 1 aromatic rings. The molecule has 4 heteroatoms. The summed E-state index contributed by atoms with van der Waals surface area (Å²) in [5.74, 6) is -0.775. The third kappa shape index (κ3) is 2.05. The molecule has 62 valence electrons. The first-order valence-corrected chi connectivity index (χ1v) is 3.48. The third-order valence-electron chi connectivity index (χ3n) is 1.40. The highest BCUT2D eigenvalue weighted by atomic mass is 16.1. The quantitative estimate of drug-likeness (QED) is 0.641. The summed E-state index contributed by atoms with van der Waals surface area (Å²) in [5, 5.41) is 19.1. The molecule has 0 aliphatic heterocycles. The number of hydrogen-bond donors (Lipinski definition) is 1. The molecular weight excluding hydrogens is 166 g/mol. The van der Waals surface area contributed by atoms with E-state index in [9.17, 15) is 4.79 Å². The Balaban J connectivity index is 2.97. The zero-order valence-electron chi connectivity index (χ0n) is 6.61. The zero-order valence-corrected chi connectivity index (χ0v) is 6.61. The van der Waals surface area contributed by atoms with Gasteiger partial charge in [0.2, 0.25) is 0 Å². The standard InChI is InChI=1S/C9H5N3O/c10-5-7-3-1-2-4-8(7)12-9(13)6-11/h1-4H,(H,12,13). The highest BCUT2D eigenvalue weighted by Crippen LogP contribution is 2.12. The Bertz CT molecular complexity index is 412. The lowest BCUT2D eigenvalue weighted by Gasteiger charge is -2.00. The Labute approximate surface area is 75.0 Å². The molecule has 1 aromatic carbocycles. The second-order valence-electron chi connectivity index (χ2n) is 2.22. The summed E-state index contributed by atoms with van der Waals surface area (Å²) in [6, 6.07) is 9.79. The van der Waals surface area contributed by atoms with Crippen molar-refractivity contribution in [3.8, 4) is 12.1 Å². The van der Waals surface area contributed by atoms with E-state index in [1.165, 1.54) is 6.07 Å². The summed E-state index contributed by atoms with van der Waals surface area (Å²) in [4.78, 5) is 10.7. The zero-order chi connectivity index (χ0) is 9.68. The van der Waals surface area contributed by atoms with Crippen molar-refractivity contribution in [1.82, 2.24) is 0 Å². The number of anilines is 1. The maximum absolute atomic E-state index is 10.7. The van der Waals surface area contributed by atoms with Crippen LogP contribution in [0.15, 0.2) is 24.3 Å². The van der Waals surface area contributed by atoms with Gasteiger partial charge in [-0.05, 0) is 12.1 Å². The fraction of sp³-hybridized carbons (Fsp3) is 0. The number of rotatable bonds is 1. The van der Waals surface area contributed by atoms with Gasteiger partial charge in [0.1, 0.15) is 6.07 Å². The maximum Gasteiger partial charge on any atom is 0.326 e. The van der Waals surface area contributed by atoms with Crippen LogP contribution >= 0.6 is 0 Å². The molecule has 1 rings (SSSR count). The number of para-hydroxylation sites is 1. The van der Waals surface area contributed by atoms with Gasteiger partial charge in [-0.3, -0.25) is 4.79 Å². The van der Waals surface area contributed by atoms with Crippen LogP contribution in [0.4, 0.5) is 5.69 Å². The van der Waals surface area contributed by atoms with E-state index in [1.807, 2.05) is 6.07 Å². The van der Waals surface area contributed by atoms with Gasteiger partial charge in [0.25, 0.3) is 0 Å². The van der Waals surface area contributed by atoms with Crippen molar-refractivity contribution in [1.29, 1.82) is 10.5 Å². The Morgan fingerprint density at radius 3 is 2.62 bits per heavy atom. The lowest BCUT2D eigenvalue weighted by Crippen LogP contribution is -2.08. The minimum atomic E-state index is -0.775. The van der Waals surface area contributed by atoms with E-state index in [0.717, 1.165) is 0 Å². The van der Waals surface area contributed by atoms with Crippen LogP contribution < -0.4 is 5.32 Å². The number of nitrogens with zero attached hydrogens (tertiary/aromatic N) is 2. The number of carbonyl (C=O) groups excluding carboxylic acids is 1. The van der Waals surface area contributed by atoms with E-state index in [1.54, 1.807) is 24.3 Å². The van der Waals surface area contributed by atoms with Crippen LogP contribution in [0.1, 0.15) is 5.56 Å². The molecule has 1 amide bonds. The Morgan fingerprint density at radius 2 is 2.00 bits per heavy atom. The van der Waals surface area contributed by atoms with Gasteiger partial charge in [-0.25, -0.2) is 0 Å². The van der Waals surface area contributed by atoms with E-state index in [4.69, 9.17) is 10.5 Å². The van der Waals surface area contributed by atoms with Gasteiger partial charge in [0.05, 0.1) is 11.3 Å². The van der Waals surface area contributed by atoms with Gasteiger partial charge in [-0.2, -0.15) is 10.5 Å². The van der Waals surface area contributed by atoms with Crippen LogP contribution in [0.25, 0.3) is 0 Å². The molecule has 4 nitrogen and oxygen atoms in total. The molecule has 13 heavy (non-hydrogen) atoms. The fourth-order valence-electron chi connectivity index (χ4n) is 0.840. The van der Waals surface area contributed by atoms with Gasteiger partial charge in [-0.15, -0.1) is 0 Å². The van der Waals surface area contributed by atoms with E-state index < -0.39 is 5.91 Å². The van der Waals surface area contributed by atoms with Crippen LogP contribution in [0.5, 0.6) is 0 Å². The second kappa shape index (κ2) is 3.89. The molecule has 0 heterocycles. The summed E-state index contributed by atoms with van der Waals surface area (Å²) >= 11 is 0. The lowest BCUT2D eigenvalue weighted by molar-refractivity contribution is -0.111. The third-order valence-corrected chi connectivity index (χ3v) is 1.40. The SMILES string of the molecule is N#CC(=O)Nc1ccccc1C#N. The molecule has 0 unspecified atom stereocenters. The van der Waals surface area contributed by atoms with Crippen LogP contribution in [-0.2, 0) is 4.79 Å². The fourth-order valence-corrected chi connectivity index (χ4v) is 0.840. The van der Waals surface area contributed by atoms with Gasteiger partial charge >= 0.3 is 5.91 Å². The number of amides is 1. The van der Waals surface area contributed by atoms with Crippen molar-refractivity contribution in [3.05, 3.63) is 29.8 Å². The highest BCUT2D eigenvalue weighted by molar-refractivity contribution is 6.02. The number of benzene rings is 1. The van der Waals surface area contributed by atoms with Crippen molar-refractivity contribution in [2.45, 2.75) is 0 Å². The van der Waals surface area contributed by atoms with E-state index in [2.05, 4.69) is 5.32 Å². The predicted octanol–water partition coefficient (Wildman–Crippen LogP) is 1.02. The van der Waals surface area contributed by atoms with Crippen LogP contribution in [0, 0.1) is 22.7 Å². The molecule has 0 aliphatic carbocycles. The second-order valence-corrected chi connectivity index (χ2v) is 2.22. The molecule has 1 N–H and O–H groups in total. The van der Waals surface area contributed by atoms with Crippen LogP contribution in [0.3, 0.4) is 0 Å². The van der Waals surface area contributed by atoms with Crippen LogP contribution in [0.2, 0.25) is 0 Å². The molecule has 0 aromatic heterocycles. The van der Waals surface area contributed by atoms with Crippen LogP contribution in [-0.4, -0.2) is 5.91 Å². The molecular formula is C9H5N3O. The van der Waals surface area contributed by atoms with Gasteiger partial charge in [-0.1, -0.05) is 12.1 Å². The Kier molecular flexibility index (Phi) is 2.62. The van der Waals surface area contributed by atoms with E-state index >= 15 is 0 Å². The van der Waals surface area contributed by atoms with Crippen molar-refractivity contribution in [2.75, 3.05) is 5.32 Å². The highest BCUT2D eigenvalue weighted by Gasteiger charge is 2.03. The first-order valence-electron chi connectivity index (χ1n) is 3.48. The smallest absolute Gasteiger partial charge is 0.312 e. The summed E-state index contributed by atoms with van der Waals surface area (Å²) in [5.41, 5.74) is 0.697. The number of nitrogens with one attached hydrogen (secondary N) is 1. The first-order chi connectivity index (χ1) is 6.27. The predicted molar refractivity (Wildman–Crippen MR) is 45.4 cm³/mol. The van der Waals surface area contributed by atoms with Gasteiger partial charge < -0.3 is 5.32 Å². The minimum Gasteiger partial charge on any atom is -0.312 e. The number of nitriles is 2. The van der Waals surface area contributed by atoms with E-state index in [0.29, 0.717) is 11.3 Å². The molecule has 0 spiro atoms. The normalized spacial score (nSPS) is 8.15. The molecule has 0 saturated heterocycles. The van der Waals surface area contributed by atoms with Gasteiger partial charge in [0.15, 0.2) is 6.07 Å². The average molecular weight is 171 g/mol. The van der Waals surface area contributed by atoms with E-state index in [-0.39, 0.29) is 0 Å². The monoisotopic (exact) mass is 171 g/mol. The molecule has 0 atom stereocenters. The summed E-state index contributed by atoms with van der Waals surface area (Å²) in [7, 11) is 0. The molecule has 0 saturated carbocycles. The molecule has 0 aliphatic rings. The summed E-state index contributed by atoms with van der Waals surface area (Å²) < 4.78 is 0. The number of carbonyl (C=O) groups is 1. The molecule has 0 fully saturated rings. The first kappa shape index (κ1) is 8.76. The largest absolute Gasteiger partial charge is 0.326 e. The van der Waals surface area contributed by atoms with Crippen molar-refractivity contribution < 1.29 is 4.79 Å². The molecule has 0 radical (unpaired) electrons. The Morgan fingerprint density at radius 1 is 1.31 bits per heavy atom. The minimum absolute atomic E-state index is 0.339. The maximum atomic E-state index is 10.7. The molecule has 0 bridgehead atoms. The Hall–Kier alpha value is -2.33. The van der Waals surface area contributed by atoms with Crippen molar-refractivity contribution in [3.63, 3.8) is 0 Å². The summed E-state index contributed by atoms with van der Waals surface area (Å²) in [6.07, 6.45) is 0. The van der Waals surface area contributed by atoms with Crippen molar-refractivity contribution in [2.24, 2.45) is 0 Å². The number of hydrogen-bond acceptors (Lipinski definition) is 3. The topological polar surface area (TPSA) is 76.7 Å². The summed E-state index contributed by atoms with van der Waals surface area (Å²) in [6.45, 7) is 0. The average Bonchev–Trinajstić information content (AvgIpc) is 2.18. The van der Waals surface area contributed by atoms with Gasteiger partial charge in [0, 0.05) is 0 Å². The lowest BCUT2D eigenvalue weighted by atomic mass is 10.2. The van der Waals surface area contributed by atoms with Crippen molar-refractivity contribution >= 4 is 11.6 Å².